The third-order valence-corrected chi connectivity index (χ3v) is 3.52. The van der Waals surface area contributed by atoms with Crippen molar-refractivity contribution < 1.29 is 14.3 Å². The van der Waals surface area contributed by atoms with Gasteiger partial charge in [-0.2, -0.15) is 5.10 Å². The summed E-state index contributed by atoms with van der Waals surface area (Å²) in [6.07, 6.45) is 1.90. The van der Waals surface area contributed by atoms with Gasteiger partial charge in [0.2, 0.25) is 0 Å². The lowest BCUT2D eigenvalue weighted by Gasteiger charge is -2.25. The van der Waals surface area contributed by atoms with Gasteiger partial charge in [0.1, 0.15) is 11.0 Å². The Hall–Kier alpha value is -2.12. The van der Waals surface area contributed by atoms with Crippen LogP contribution < -0.4 is 5.32 Å². The number of ether oxygens (including phenoxy) is 2. The molecule has 1 fully saturated rings. The van der Waals surface area contributed by atoms with Gasteiger partial charge < -0.3 is 14.8 Å². The first-order chi connectivity index (χ1) is 10.7. The van der Waals surface area contributed by atoms with Gasteiger partial charge in [0, 0.05) is 12.3 Å². The Morgan fingerprint density at radius 1 is 1.55 bits per heavy atom. The Labute approximate surface area is 132 Å². The number of hydrogen-bond donors (Lipinski definition) is 1. The smallest absolute Gasteiger partial charge is 0.338 e. The van der Waals surface area contributed by atoms with E-state index in [1.807, 2.05) is 16.9 Å². The van der Waals surface area contributed by atoms with Crippen LogP contribution in [0.2, 0.25) is 5.15 Å². The van der Waals surface area contributed by atoms with Crippen LogP contribution in [-0.2, 0) is 16.0 Å². The summed E-state index contributed by atoms with van der Waals surface area (Å²) in [4.78, 5) is 15.7. The van der Waals surface area contributed by atoms with Crippen LogP contribution in [0.3, 0.4) is 0 Å². The third kappa shape index (κ3) is 3.20. The lowest BCUT2D eigenvalue weighted by molar-refractivity contribution is -0.0285. The van der Waals surface area contributed by atoms with Crippen molar-refractivity contribution in [1.82, 2.24) is 14.8 Å². The van der Waals surface area contributed by atoms with E-state index in [0.717, 1.165) is 5.82 Å². The number of nitrogens with one attached hydrogen (secondary N) is 1. The highest BCUT2D eigenvalue weighted by Gasteiger charge is 2.21. The first-order valence-corrected chi connectivity index (χ1v) is 7.15. The van der Waals surface area contributed by atoms with E-state index in [1.165, 1.54) is 13.2 Å². The number of anilines is 1. The second-order valence-electron chi connectivity index (χ2n) is 4.89. The van der Waals surface area contributed by atoms with Crippen molar-refractivity contribution >= 4 is 23.4 Å². The maximum Gasteiger partial charge on any atom is 0.338 e. The summed E-state index contributed by atoms with van der Waals surface area (Å²) >= 11 is 5.92. The standard InChI is InChI=1S/C14H15ClN4O3/c1-21-14(20)9-4-10(17-12(15)5-9)6-16-13-2-3-19(18-13)11-7-22-8-11/h2-5,11H,6-8H2,1H3,(H,16,18). The van der Waals surface area contributed by atoms with Gasteiger partial charge in [-0.25, -0.2) is 9.78 Å². The van der Waals surface area contributed by atoms with E-state index in [4.69, 9.17) is 16.3 Å². The summed E-state index contributed by atoms with van der Waals surface area (Å²) in [7, 11) is 1.32. The predicted octanol–water partition coefficient (Wildman–Crippen LogP) is 1.90. The van der Waals surface area contributed by atoms with E-state index >= 15 is 0 Å². The normalized spacial score (nSPS) is 14.5. The van der Waals surface area contributed by atoms with Gasteiger partial charge >= 0.3 is 5.97 Å². The third-order valence-electron chi connectivity index (χ3n) is 3.32. The van der Waals surface area contributed by atoms with E-state index < -0.39 is 5.97 Å². The molecule has 22 heavy (non-hydrogen) atoms. The Kier molecular flexibility index (Phi) is 4.26. The molecule has 1 aliphatic heterocycles. The second-order valence-corrected chi connectivity index (χ2v) is 5.27. The fourth-order valence-electron chi connectivity index (χ4n) is 2.07. The van der Waals surface area contributed by atoms with Gasteiger partial charge in [-0.1, -0.05) is 11.6 Å². The molecule has 3 heterocycles. The van der Waals surface area contributed by atoms with Crippen molar-refractivity contribution in [2.75, 3.05) is 25.6 Å². The van der Waals surface area contributed by atoms with Crippen molar-refractivity contribution in [2.45, 2.75) is 12.6 Å². The Morgan fingerprint density at radius 2 is 2.36 bits per heavy atom. The van der Waals surface area contributed by atoms with Crippen LogP contribution in [0.15, 0.2) is 24.4 Å². The number of rotatable bonds is 5. The Morgan fingerprint density at radius 3 is 3.05 bits per heavy atom. The molecule has 0 bridgehead atoms. The van der Waals surface area contributed by atoms with Gasteiger partial charge in [-0.15, -0.1) is 0 Å². The number of methoxy groups -OCH3 is 1. The average Bonchev–Trinajstić information content (AvgIpc) is 2.90. The van der Waals surface area contributed by atoms with Gasteiger partial charge in [0.15, 0.2) is 0 Å². The first-order valence-electron chi connectivity index (χ1n) is 6.77. The summed E-state index contributed by atoms with van der Waals surface area (Å²) in [5, 5.41) is 7.81. The van der Waals surface area contributed by atoms with Crippen molar-refractivity contribution in [3.8, 4) is 0 Å². The average molecular weight is 323 g/mol. The molecule has 0 atom stereocenters. The maximum absolute atomic E-state index is 11.6. The zero-order valence-corrected chi connectivity index (χ0v) is 12.7. The molecule has 0 saturated carbocycles. The molecule has 3 rings (SSSR count). The number of carbonyl (C=O) groups excluding carboxylic acids is 1. The number of halogens is 1. The topological polar surface area (TPSA) is 78.3 Å². The largest absolute Gasteiger partial charge is 0.465 e. The zero-order valence-electron chi connectivity index (χ0n) is 12.0. The summed E-state index contributed by atoms with van der Waals surface area (Å²) in [5.74, 6) is 0.285. The minimum atomic E-state index is -0.445. The lowest BCUT2D eigenvalue weighted by Crippen LogP contribution is -2.30. The van der Waals surface area contributed by atoms with Gasteiger partial charge in [0.25, 0.3) is 0 Å². The molecular weight excluding hydrogens is 308 g/mol. The molecule has 2 aromatic heterocycles. The monoisotopic (exact) mass is 322 g/mol. The van der Waals surface area contributed by atoms with Crippen LogP contribution in [-0.4, -0.2) is 41.1 Å². The summed E-state index contributed by atoms with van der Waals surface area (Å²) in [5.41, 5.74) is 1.01. The van der Waals surface area contributed by atoms with Crippen LogP contribution in [0.25, 0.3) is 0 Å². The number of carbonyl (C=O) groups is 1. The zero-order chi connectivity index (χ0) is 15.5. The summed E-state index contributed by atoms with van der Waals surface area (Å²) < 4.78 is 11.7. The predicted molar refractivity (Wildman–Crippen MR) is 80.0 cm³/mol. The number of nitrogens with zero attached hydrogens (tertiary/aromatic N) is 3. The first kappa shape index (κ1) is 14.8. The fourth-order valence-corrected chi connectivity index (χ4v) is 2.30. The molecule has 0 unspecified atom stereocenters. The van der Waals surface area contributed by atoms with Crippen molar-refractivity contribution in [1.29, 1.82) is 0 Å². The minimum absolute atomic E-state index is 0.247. The van der Waals surface area contributed by atoms with Gasteiger partial charge in [-0.3, -0.25) is 4.68 Å². The molecule has 0 spiro atoms. The van der Waals surface area contributed by atoms with E-state index in [9.17, 15) is 4.79 Å². The highest BCUT2D eigenvalue weighted by atomic mass is 35.5. The highest BCUT2D eigenvalue weighted by molar-refractivity contribution is 6.29. The minimum Gasteiger partial charge on any atom is -0.465 e. The number of hydrogen-bond acceptors (Lipinski definition) is 6. The van der Waals surface area contributed by atoms with E-state index in [0.29, 0.717) is 37.1 Å². The molecule has 0 amide bonds. The molecular formula is C14H15ClN4O3. The van der Waals surface area contributed by atoms with Crippen molar-refractivity contribution in [2.24, 2.45) is 0 Å². The molecule has 8 heteroatoms. The van der Waals surface area contributed by atoms with Crippen LogP contribution in [0.5, 0.6) is 0 Å². The van der Waals surface area contributed by atoms with Crippen LogP contribution in [0.4, 0.5) is 5.82 Å². The molecule has 1 N–H and O–H groups in total. The van der Waals surface area contributed by atoms with E-state index in [-0.39, 0.29) is 5.15 Å². The molecule has 1 aliphatic rings. The van der Waals surface area contributed by atoms with Crippen LogP contribution in [0, 0.1) is 0 Å². The maximum atomic E-state index is 11.6. The molecule has 0 radical (unpaired) electrons. The number of aromatic nitrogens is 3. The fraction of sp³-hybridized carbons (Fsp3) is 0.357. The highest BCUT2D eigenvalue weighted by Crippen LogP contribution is 2.18. The quantitative estimate of drug-likeness (QED) is 0.669. The molecule has 0 aromatic carbocycles. The molecule has 2 aromatic rings. The molecule has 7 nitrogen and oxygen atoms in total. The Balaban J connectivity index is 1.66. The van der Waals surface area contributed by atoms with Crippen LogP contribution in [0.1, 0.15) is 22.1 Å². The SMILES string of the molecule is COC(=O)c1cc(Cl)nc(CNc2ccn(C3COC3)n2)c1. The summed E-state index contributed by atoms with van der Waals surface area (Å²) in [6, 6.07) is 5.30. The lowest BCUT2D eigenvalue weighted by atomic mass is 10.2. The summed E-state index contributed by atoms with van der Waals surface area (Å²) in [6.45, 7) is 1.79. The van der Waals surface area contributed by atoms with E-state index in [1.54, 1.807) is 6.07 Å². The molecule has 1 saturated heterocycles. The van der Waals surface area contributed by atoms with Crippen molar-refractivity contribution in [3.05, 3.63) is 40.8 Å². The molecule has 116 valence electrons. The van der Waals surface area contributed by atoms with Gasteiger partial charge in [-0.05, 0) is 12.1 Å². The number of pyridine rings is 1. The molecule has 0 aliphatic carbocycles. The van der Waals surface area contributed by atoms with Crippen LogP contribution >= 0.6 is 11.6 Å². The van der Waals surface area contributed by atoms with Gasteiger partial charge in [0.05, 0.1) is 44.2 Å². The van der Waals surface area contributed by atoms with E-state index in [2.05, 4.69) is 20.1 Å². The second kappa shape index (κ2) is 6.33. The Bertz CT molecular complexity index is 684. The van der Waals surface area contributed by atoms with Crippen molar-refractivity contribution in [3.63, 3.8) is 0 Å². The number of esters is 1.